The lowest BCUT2D eigenvalue weighted by atomic mass is 10.1. The van der Waals surface area contributed by atoms with E-state index in [0.717, 1.165) is 15.8 Å². The molecule has 0 radical (unpaired) electrons. The molecule has 2 N–H and O–H groups in total. The lowest BCUT2D eigenvalue weighted by Crippen LogP contribution is -1.99. The third kappa shape index (κ3) is 2.38. The highest BCUT2D eigenvalue weighted by Gasteiger charge is 2.15. The van der Waals surface area contributed by atoms with Crippen molar-refractivity contribution in [1.29, 1.82) is 0 Å². The van der Waals surface area contributed by atoms with Crippen molar-refractivity contribution >= 4 is 34.2 Å². The maximum absolute atomic E-state index is 11.8. The molecule has 0 fully saturated rings. The van der Waals surface area contributed by atoms with Gasteiger partial charge in [0.25, 0.3) is 0 Å². The van der Waals surface area contributed by atoms with Gasteiger partial charge in [-0.15, -0.1) is 32.9 Å². The number of H-pyrrole nitrogens is 1. The number of aromatic nitrogens is 4. The number of aliphatic hydroxyl groups excluding tert-OH is 1. The maximum atomic E-state index is 11.8. The number of allylic oxidation sites excluding steroid dienone is 1. The topological polar surface area (TPSA) is 91.8 Å². The molecular formula is C12H8N4O2S2. The van der Waals surface area contributed by atoms with Gasteiger partial charge >= 0.3 is 0 Å². The van der Waals surface area contributed by atoms with E-state index >= 15 is 0 Å². The van der Waals surface area contributed by atoms with Gasteiger partial charge < -0.3 is 5.11 Å². The normalized spacial score (nSPS) is 11.7. The van der Waals surface area contributed by atoms with Crippen molar-refractivity contribution in [3.63, 3.8) is 0 Å². The Morgan fingerprint density at radius 2 is 2.20 bits per heavy atom. The molecular weight excluding hydrogens is 296 g/mol. The van der Waals surface area contributed by atoms with Gasteiger partial charge in [-0.3, -0.25) is 4.79 Å². The van der Waals surface area contributed by atoms with Crippen LogP contribution in [-0.4, -0.2) is 31.5 Å². The number of nitrogens with zero attached hydrogens (tertiary/aromatic N) is 3. The maximum Gasteiger partial charge on any atom is 0.244 e. The average molecular weight is 304 g/mol. The van der Waals surface area contributed by atoms with Crippen LogP contribution in [0.3, 0.4) is 0 Å². The van der Waals surface area contributed by atoms with Gasteiger partial charge in [0.2, 0.25) is 11.6 Å². The first-order chi connectivity index (χ1) is 9.75. The van der Waals surface area contributed by atoms with E-state index in [0.29, 0.717) is 5.56 Å². The predicted octanol–water partition coefficient (Wildman–Crippen LogP) is 2.77. The monoisotopic (exact) mass is 304 g/mol. The van der Waals surface area contributed by atoms with E-state index in [1.54, 1.807) is 17.4 Å². The highest BCUT2D eigenvalue weighted by molar-refractivity contribution is 7.20. The van der Waals surface area contributed by atoms with Gasteiger partial charge in [-0.05, 0) is 28.1 Å². The summed E-state index contributed by atoms with van der Waals surface area (Å²) in [6, 6.07) is 5.68. The van der Waals surface area contributed by atoms with Crippen molar-refractivity contribution in [2.45, 2.75) is 0 Å². The Morgan fingerprint density at radius 1 is 1.30 bits per heavy atom. The number of tetrazole rings is 1. The highest BCUT2D eigenvalue weighted by atomic mass is 32.1. The van der Waals surface area contributed by atoms with Crippen LogP contribution in [0.2, 0.25) is 0 Å². The second kappa shape index (κ2) is 5.35. The van der Waals surface area contributed by atoms with Crippen LogP contribution >= 0.6 is 22.7 Å². The molecule has 0 saturated heterocycles. The van der Waals surface area contributed by atoms with Gasteiger partial charge in [-0.1, -0.05) is 6.07 Å². The Kier molecular flexibility index (Phi) is 3.40. The molecule has 3 rings (SSSR count). The number of hydrogen-bond acceptors (Lipinski definition) is 7. The zero-order valence-electron chi connectivity index (χ0n) is 9.98. The van der Waals surface area contributed by atoms with Gasteiger partial charge in [0.15, 0.2) is 0 Å². The second-order valence-corrected chi connectivity index (χ2v) is 5.63. The van der Waals surface area contributed by atoms with Crippen LogP contribution in [0.25, 0.3) is 15.5 Å². The Labute approximate surface area is 121 Å². The Morgan fingerprint density at radius 3 is 2.90 bits per heavy atom. The zero-order valence-corrected chi connectivity index (χ0v) is 11.6. The second-order valence-electron chi connectivity index (χ2n) is 3.77. The molecule has 0 aliphatic carbocycles. The molecule has 3 heterocycles. The van der Waals surface area contributed by atoms with E-state index in [9.17, 15) is 9.90 Å². The zero-order chi connectivity index (χ0) is 13.9. The van der Waals surface area contributed by atoms with E-state index in [-0.39, 0.29) is 11.6 Å². The molecule has 20 heavy (non-hydrogen) atoms. The summed E-state index contributed by atoms with van der Waals surface area (Å²) in [4.78, 5) is 13.8. The van der Waals surface area contributed by atoms with E-state index in [2.05, 4.69) is 20.6 Å². The molecule has 0 aliphatic rings. The Hall–Kier alpha value is -2.32. The number of nitrogens with one attached hydrogen (secondary N) is 1. The molecule has 0 bridgehead atoms. The molecule has 3 aromatic heterocycles. The molecule has 0 aromatic carbocycles. The van der Waals surface area contributed by atoms with Crippen molar-refractivity contribution in [3.05, 3.63) is 46.4 Å². The van der Waals surface area contributed by atoms with E-state index in [1.807, 2.05) is 22.9 Å². The minimum Gasteiger partial charge on any atom is -0.507 e. The van der Waals surface area contributed by atoms with Crippen molar-refractivity contribution in [3.8, 4) is 9.75 Å². The molecule has 0 amide bonds. The molecule has 0 unspecified atom stereocenters. The van der Waals surface area contributed by atoms with Gasteiger partial charge in [0.1, 0.15) is 5.76 Å². The van der Waals surface area contributed by atoms with Crippen LogP contribution in [0.5, 0.6) is 0 Å². The van der Waals surface area contributed by atoms with Crippen LogP contribution in [0, 0.1) is 0 Å². The van der Waals surface area contributed by atoms with Crippen molar-refractivity contribution in [1.82, 2.24) is 20.6 Å². The summed E-state index contributed by atoms with van der Waals surface area (Å²) in [7, 11) is 0. The van der Waals surface area contributed by atoms with Gasteiger partial charge in [-0.25, -0.2) is 0 Å². The summed E-state index contributed by atoms with van der Waals surface area (Å²) in [6.07, 6.45) is 1.10. The molecule has 8 heteroatoms. The van der Waals surface area contributed by atoms with Crippen LogP contribution in [-0.2, 0) is 0 Å². The first kappa shape index (κ1) is 12.7. The first-order valence-electron chi connectivity index (χ1n) is 5.56. The van der Waals surface area contributed by atoms with E-state index < -0.39 is 5.78 Å². The number of rotatable bonds is 4. The first-order valence-corrected chi connectivity index (χ1v) is 7.32. The third-order valence-electron chi connectivity index (χ3n) is 2.52. The van der Waals surface area contributed by atoms with Crippen LogP contribution in [0.15, 0.2) is 35.0 Å². The van der Waals surface area contributed by atoms with E-state index in [1.165, 1.54) is 11.3 Å². The number of aliphatic hydroxyl groups is 1. The fourth-order valence-electron chi connectivity index (χ4n) is 1.64. The number of ketones is 1. The average Bonchev–Trinajstić information content (AvgIpc) is 3.19. The number of thiophene rings is 2. The summed E-state index contributed by atoms with van der Waals surface area (Å²) in [5.41, 5.74) is 0.620. The lowest BCUT2D eigenvalue weighted by molar-refractivity contribution is 0.103. The quantitative estimate of drug-likeness (QED) is 0.439. The molecule has 0 saturated carbocycles. The number of hydrogen-bond donors (Lipinski definition) is 2. The summed E-state index contributed by atoms with van der Waals surface area (Å²) in [6.45, 7) is 0. The van der Waals surface area contributed by atoms with Crippen molar-refractivity contribution in [2.24, 2.45) is 0 Å². The van der Waals surface area contributed by atoms with Crippen LogP contribution < -0.4 is 0 Å². The van der Waals surface area contributed by atoms with Crippen molar-refractivity contribution in [2.75, 3.05) is 0 Å². The third-order valence-corrected chi connectivity index (χ3v) is 4.48. The largest absolute Gasteiger partial charge is 0.507 e. The fraction of sp³-hybridized carbons (Fsp3) is 0. The Balaban J connectivity index is 1.94. The molecule has 6 nitrogen and oxygen atoms in total. The van der Waals surface area contributed by atoms with Crippen LogP contribution in [0.1, 0.15) is 16.2 Å². The summed E-state index contributed by atoms with van der Waals surface area (Å²) in [5.74, 6) is -0.687. The van der Waals surface area contributed by atoms with Gasteiger partial charge in [0, 0.05) is 16.5 Å². The Bertz CT molecular complexity index is 744. The predicted molar refractivity (Wildman–Crippen MR) is 76.7 cm³/mol. The molecule has 0 spiro atoms. The minimum atomic E-state index is -0.500. The molecule has 100 valence electrons. The number of aromatic amines is 1. The summed E-state index contributed by atoms with van der Waals surface area (Å²) < 4.78 is 0. The summed E-state index contributed by atoms with van der Waals surface area (Å²) >= 11 is 3.09. The number of carbonyl (C=O) groups excluding carboxylic acids is 1. The standard InChI is InChI=1S/C12H8N4O2S2/c17-8(6-9(18)12-13-15-16-14-12)7-3-5-20-11(7)10-2-1-4-19-10/h1-6,17H,(H,13,14,15,16). The smallest absolute Gasteiger partial charge is 0.244 e. The van der Waals surface area contributed by atoms with Crippen molar-refractivity contribution < 1.29 is 9.90 Å². The lowest BCUT2D eigenvalue weighted by Gasteiger charge is -2.00. The van der Waals surface area contributed by atoms with Gasteiger partial charge in [0.05, 0.1) is 4.88 Å². The molecule has 0 atom stereocenters. The molecule has 3 aromatic rings. The minimum absolute atomic E-state index is 0.0792. The summed E-state index contributed by atoms with van der Waals surface area (Å²) in [5, 5.41) is 26.6. The number of carbonyl (C=O) groups is 1. The SMILES string of the molecule is O=C(C=C(O)c1ccsc1-c1cccs1)c1nn[nH]n1. The van der Waals surface area contributed by atoms with E-state index in [4.69, 9.17) is 0 Å². The van der Waals surface area contributed by atoms with Crippen LogP contribution in [0.4, 0.5) is 0 Å². The molecule has 0 aliphatic heterocycles. The fourth-order valence-corrected chi connectivity index (χ4v) is 3.43. The van der Waals surface area contributed by atoms with Gasteiger partial charge in [-0.2, -0.15) is 5.21 Å². The highest BCUT2D eigenvalue weighted by Crippen LogP contribution is 2.35.